The lowest BCUT2D eigenvalue weighted by molar-refractivity contribution is -0.384. The summed E-state index contributed by atoms with van der Waals surface area (Å²) in [6.45, 7) is 1.91. The number of nitrogens with one attached hydrogen (secondary N) is 1. The summed E-state index contributed by atoms with van der Waals surface area (Å²) in [5.41, 5.74) is 1.44. The molecule has 0 radical (unpaired) electrons. The lowest BCUT2D eigenvalue weighted by Gasteiger charge is -2.35. The number of amides is 1. The minimum absolute atomic E-state index is 0.0749. The molecular formula is C23H22N4O4. The van der Waals surface area contributed by atoms with E-state index in [1.165, 1.54) is 12.3 Å². The van der Waals surface area contributed by atoms with E-state index in [1.54, 1.807) is 35.2 Å². The maximum absolute atomic E-state index is 12.7. The highest BCUT2D eigenvalue weighted by molar-refractivity contribution is 6.01. The second-order valence-electron chi connectivity index (χ2n) is 7.25. The van der Waals surface area contributed by atoms with Crippen LogP contribution in [0.1, 0.15) is 5.56 Å². The summed E-state index contributed by atoms with van der Waals surface area (Å²) in [7, 11) is 0. The third kappa shape index (κ3) is 4.18. The van der Waals surface area contributed by atoms with E-state index in [-0.39, 0.29) is 23.1 Å². The van der Waals surface area contributed by atoms with Crippen LogP contribution in [0.4, 0.5) is 11.4 Å². The fraction of sp³-hybridized carbons (Fsp3) is 0.217. The molecular weight excluding hydrogens is 396 g/mol. The van der Waals surface area contributed by atoms with Crippen LogP contribution >= 0.6 is 0 Å². The number of piperazine rings is 1. The number of ether oxygens (including phenoxy) is 1. The summed E-state index contributed by atoms with van der Waals surface area (Å²) in [6, 6.07) is 17.9. The Morgan fingerprint density at radius 1 is 1.00 bits per heavy atom. The Morgan fingerprint density at radius 2 is 1.68 bits per heavy atom. The molecule has 0 saturated carbocycles. The van der Waals surface area contributed by atoms with E-state index >= 15 is 0 Å². The van der Waals surface area contributed by atoms with Gasteiger partial charge >= 0.3 is 0 Å². The van der Waals surface area contributed by atoms with Gasteiger partial charge in [0.05, 0.1) is 4.92 Å². The molecule has 1 heterocycles. The average Bonchev–Trinajstić information content (AvgIpc) is 2.82. The molecule has 0 aliphatic carbocycles. The van der Waals surface area contributed by atoms with E-state index in [4.69, 9.17) is 10.1 Å². The van der Waals surface area contributed by atoms with Gasteiger partial charge in [-0.25, -0.2) is 0 Å². The van der Waals surface area contributed by atoms with Gasteiger partial charge in [-0.05, 0) is 23.6 Å². The number of hydrogen-bond acceptors (Lipinski definition) is 6. The summed E-state index contributed by atoms with van der Waals surface area (Å²) in [4.78, 5) is 27.2. The first-order valence-corrected chi connectivity index (χ1v) is 9.99. The van der Waals surface area contributed by atoms with Crippen LogP contribution in [0.25, 0.3) is 10.8 Å². The lowest BCUT2D eigenvalue weighted by Crippen LogP contribution is -2.50. The van der Waals surface area contributed by atoms with Crippen molar-refractivity contribution in [2.45, 2.75) is 0 Å². The van der Waals surface area contributed by atoms with Gasteiger partial charge in [0.15, 0.2) is 6.61 Å². The van der Waals surface area contributed by atoms with E-state index in [1.807, 2.05) is 29.2 Å². The van der Waals surface area contributed by atoms with Crippen LogP contribution in [0, 0.1) is 15.5 Å². The smallest absolute Gasteiger partial charge is 0.292 e. The van der Waals surface area contributed by atoms with E-state index < -0.39 is 0 Å². The van der Waals surface area contributed by atoms with Crippen LogP contribution in [0.3, 0.4) is 0 Å². The Hall–Kier alpha value is -3.94. The van der Waals surface area contributed by atoms with Gasteiger partial charge in [-0.15, -0.1) is 0 Å². The number of hydrogen-bond donors (Lipinski definition) is 1. The first-order valence-electron chi connectivity index (χ1n) is 9.99. The fourth-order valence-corrected chi connectivity index (χ4v) is 3.86. The standard InChI is InChI=1S/C23H22N4O4/c24-15-17-9-10-22(19-6-2-1-5-18(17)19)31-16-23(28)26-13-11-25(12-14-26)20-7-3-4-8-21(20)27(29)30/h1-10,15,24H,11-14,16H2. The predicted molar refractivity (Wildman–Crippen MR) is 119 cm³/mol. The summed E-state index contributed by atoms with van der Waals surface area (Å²) in [5.74, 6) is 0.482. The van der Waals surface area contributed by atoms with Crippen molar-refractivity contribution < 1.29 is 14.5 Å². The maximum Gasteiger partial charge on any atom is 0.292 e. The number of para-hydroxylation sites is 2. The zero-order valence-electron chi connectivity index (χ0n) is 16.9. The molecule has 158 valence electrons. The van der Waals surface area contributed by atoms with Crippen LogP contribution in [0.2, 0.25) is 0 Å². The van der Waals surface area contributed by atoms with Crippen molar-refractivity contribution in [1.29, 1.82) is 5.41 Å². The van der Waals surface area contributed by atoms with Gasteiger partial charge < -0.3 is 19.9 Å². The van der Waals surface area contributed by atoms with Crippen LogP contribution in [0.5, 0.6) is 5.75 Å². The van der Waals surface area contributed by atoms with Crippen molar-refractivity contribution in [2.75, 3.05) is 37.7 Å². The van der Waals surface area contributed by atoms with Crippen molar-refractivity contribution in [3.8, 4) is 5.75 Å². The molecule has 0 aromatic heterocycles. The van der Waals surface area contributed by atoms with Gasteiger partial charge in [-0.3, -0.25) is 14.9 Å². The Kier molecular flexibility index (Phi) is 5.79. The second-order valence-corrected chi connectivity index (χ2v) is 7.25. The number of nitro benzene ring substituents is 1. The van der Waals surface area contributed by atoms with Crippen LogP contribution in [-0.2, 0) is 4.79 Å². The minimum Gasteiger partial charge on any atom is -0.483 e. The van der Waals surface area contributed by atoms with Crippen LogP contribution < -0.4 is 9.64 Å². The number of benzene rings is 3. The number of rotatable bonds is 6. The Bertz CT molecular complexity index is 1140. The number of nitrogens with zero attached hydrogens (tertiary/aromatic N) is 3. The third-order valence-electron chi connectivity index (χ3n) is 5.48. The largest absolute Gasteiger partial charge is 0.483 e. The summed E-state index contributed by atoms with van der Waals surface area (Å²) < 4.78 is 5.83. The number of carbonyl (C=O) groups excluding carboxylic acids is 1. The lowest BCUT2D eigenvalue weighted by atomic mass is 10.0. The van der Waals surface area contributed by atoms with Crippen LogP contribution in [-0.4, -0.2) is 54.7 Å². The Balaban J connectivity index is 1.39. The summed E-state index contributed by atoms with van der Waals surface area (Å²) in [6.07, 6.45) is 1.30. The molecule has 0 atom stereocenters. The zero-order chi connectivity index (χ0) is 21.8. The normalized spacial score (nSPS) is 13.8. The Morgan fingerprint density at radius 3 is 2.39 bits per heavy atom. The SMILES string of the molecule is N=Cc1ccc(OCC(=O)N2CCN(c3ccccc3[N+](=O)[O-])CC2)c2ccccc12. The topological polar surface area (TPSA) is 99.8 Å². The van der Waals surface area contributed by atoms with Gasteiger partial charge in [0.2, 0.25) is 0 Å². The van der Waals surface area contributed by atoms with Crippen molar-refractivity contribution in [1.82, 2.24) is 4.90 Å². The number of fused-ring (bicyclic) bond motifs is 1. The van der Waals surface area contributed by atoms with E-state index in [9.17, 15) is 14.9 Å². The third-order valence-corrected chi connectivity index (χ3v) is 5.48. The van der Waals surface area contributed by atoms with Gasteiger partial charge in [0.1, 0.15) is 11.4 Å². The number of nitro groups is 1. The van der Waals surface area contributed by atoms with Gasteiger partial charge in [-0.1, -0.05) is 36.4 Å². The monoisotopic (exact) mass is 418 g/mol. The van der Waals surface area contributed by atoms with Crippen LogP contribution in [0.15, 0.2) is 60.7 Å². The highest BCUT2D eigenvalue weighted by Gasteiger charge is 2.25. The molecule has 1 N–H and O–H groups in total. The number of carbonyl (C=O) groups is 1. The van der Waals surface area contributed by atoms with E-state index in [2.05, 4.69) is 0 Å². The molecule has 0 bridgehead atoms. The second kappa shape index (κ2) is 8.83. The summed E-state index contributed by atoms with van der Waals surface area (Å²) >= 11 is 0. The highest BCUT2D eigenvalue weighted by atomic mass is 16.6. The molecule has 1 amide bonds. The van der Waals surface area contributed by atoms with E-state index in [0.29, 0.717) is 37.6 Å². The fourth-order valence-electron chi connectivity index (χ4n) is 3.86. The quantitative estimate of drug-likeness (QED) is 0.375. The average molecular weight is 418 g/mol. The molecule has 1 aliphatic heterocycles. The molecule has 8 nitrogen and oxygen atoms in total. The molecule has 31 heavy (non-hydrogen) atoms. The summed E-state index contributed by atoms with van der Waals surface area (Å²) in [5, 5.41) is 20.6. The zero-order valence-corrected chi connectivity index (χ0v) is 16.9. The molecule has 1 fully saturated rings. The molecule has 0 spiro atoms. The molecule has 1 aliphatic rings. The molecule has 0 unspecified atom stereocenters. The first-order chi connectivity index (χ1) is 15.1. The molecule has 8 heteroatoms. The van der Waals surface area contributed by atoms with Gasteiger partial charge in [0, 0.05) is 49.4 Å². The predicted octanol–water partition coefficient (Wildman–Crippen LogP) is 3.47. The van der Waals surface area contributed by atoms with Crippen molar-refractivity contribution in [2.24, 2.45) is 0 Å². The minimum atomic E-state index is -0.380. The molecule has 4 rings (SSSR count). The van der Waals surface area contributed by atoms with Crippen molar-refractivity contribution in [3.63, 3.8) is 0 Å². The maximum atomic E-state index is 12.7. The first kappa shape index (κ1) is 20.3. The number of anilines is 1. The Labute approximate surface area is 179 Å². The van der Waals surface area contributed by atoms with E-state index in [0.717, 1.165) is 16.3 Å². The van der Waals surface area contributed by atoms with Gasteiger partial charge in [0.25, 0.3) is 11.6 Å². The van der Waals surface area contributed by atoms with Gasteiger partial charge in [-0.2, -0.15) is 0 Å². The molecule has 3 aromatic rings. The molecule has 1 saturated heterocycles. The highest BCUT2D eigenvalue weighted by Crippen LogP contribution is 2.29. The van der Waals surface area contributed by atoms with Crippen molar-refractivity contribution in [3.05, 3.63) is 76.3 Å². The van der Waals surface area contributed by atoms with Crippen molar-refractivity contribution >= 4 is 34.3 Å². The molecule has 3 aromatic carbocycles.